The second-order valence-corrected chi connectivity index (χ2v) is 14.8. The van der Waals surface area contributed by atoms with Gasteiger partial charge in [0, 0.05) is 38.7 Å². The van der Waals surface area contributed by atoms with Gasteiger partial charge in [0.15, 0.2) is 0 Å². The molecular weight excluding hydrogens is 705 g/mol. The van der Waals surface area contributed by atoms with Gasteiger partial charge in [0.05, 0.1) is 34.5 Å². The van der Waals surface area contributed by atoms with Gasteiger partial charge in [-0.3, -0.25) is 0 Å². The molecule has 2 aromatic heterocycles. The van der Waals surface area contributed by atoms with E-state index in [0.717, 1.165) is 24.1 Å². The molecule has 0 spiro atoms. The van der Waals surface area contributed by atoms with E-state index in [0.29, 0.717) is 6.54 Å². The van der Waals surface area contributed by atoms with Crippen LogP contribution in [0.4, 0.5) is 0 Å². The number of nitrogens with zero attached hydrogens (tertiary/aromatic N) is 3. The number of rotatable bonds is 5. The van der Waals surface area contributed by atoms with Gasteiger partial charge in [0.25, 0.3) is 0 Å². The Balaban J connectivity index is 0.000000436. The summed E-state index contributed by atoms with van der Waals surface area (Å²) in [6.45, 7) is 8.78. The van der Waals surface area contributed by atoms with Gasteiger partial charge in [0.2, 0.25) is 0 Å². The minimum Gasteiger partial charge on any atom is -0.310 e. The molecule has 0 radical (unpaired) electrons. The van der Waals surface area contributed by atoms with Gasteiger partial charge in [-0.2, -0.15) is 5.10 Å². The molecule has 3 heterocycles. The summed E-state index contributed by atoms with van der Waals surface area (Å²) in [5, 5.41) is 8.60. The minimum atomic E-state index is 0.647. The van der Waals surface area contributed by atoms with Crippen LogP contribution in [0.15, 0.2) is 175 Å². The van der Waals surface area contributed by atoms with Gasteiger partial charge < -0.3 is 14.6 Å². The molecule has 58 heavy (non-hydrogen) atoms. The molecule has 0 saturated carbocycles. The molecule has 0 bridgehead atoms. The first-order valence-electron chi connectivity index (χ1n) is 20.6. The highest BCUT2D eigenvalue weighted by molar-refractivity contribution is 6.17. The third-order valence-corrected chi connectivity index (χ3v) is 11.3. The average Bonchev–Trinajstić information content (AvgIpc) is 3.76. The molecule has 7 aromatic carbocycles. The second kappa shape index (κ2) is 15.9. The van der Waals surface area contributed by atoms with E-state index in [2.05, 4.69) is 166 Å². The van der Waals surface area contributed by atoms with Crippen molar-refractivity contribution in [1.29, 1.82) is 0 Å². The second-order valence-electron chi connectivity index (χ2n) is 14.8. The number of hydrazone groups is 1. The Morgan fingerprint density at radius 1 is 0.603 bits per heavy atom. The van der Waals surface area contributed by atoms with Gasteiger partial charge in [0.1, 0.15) is 0 Å². The number of fused-ring (bicyclic) bond motifs is 11. The van der Waals surface area contributed by atoms with E-state index in [-0.39, 0.29) is 0 Å². The van der Waals surface area contributed by atoms with Crippen LogP contribution in [0.1, 0.15) is 55.1 Å². The molecule has 1 N–H and O–H groups in total. The van der Waals surface area contributed by atoms with Crippen molar-refractivity contribution < 1.29 is 0 Å². The molecule has 0 saturated heterocycles. The largest absolute Gasteiger partial charge is 0.310 e. The fourth-order valence-electron chi connectivity index (χ4n) is 8.72. The molecule has 0 amide bonds. The molecule has 11 rings (SSSR count). The molecular formula is C54H48N4. The van der Waals surface area contributed by atoms with E-state index < -0.39 is 0 Å². The van der Waals surface area contributed by atoms with Crippen LogP contribution in [0.25, 0.3) is 72.4 Å². The quantitative estimate of drug-likeness (QED) is 0.138. The van der Waals surface area contributed by atoms with Crippen molar-refractivity contribution in [1.82, 2.24) is 14.6 Å². The summed E-state index contributed by atoms with van der Waals surface area (Å²) in [5.74, 6) is 0. The van der Waals surface area contributed by atoms with Gasteiger partial charge in [-0.1, -0.05) is 153 Å². The first-order valence-corrected chi connectivity index (χ1v) is 20.6. The maximum absolute atomic E-state index is 4.67. The van der Waals surface area contributed by atoms with Crippen LogP contribution in [0.3, 0.4) is 0 Å². The SMILES string of the molecule is C/C(=N\NCc1cccc(-n2c3c(c4cc5c(cc42)-c2ccccc2-n2c4ccccc4c4cccc-5c42)CCC=C3)c1)c1ccccc1.CC.Cc1ccccc1. The Labute approximate surface area is 341 Å². The fourth-order valence-corrected chi connectivity index (χ4v) is 8.72. The zero-order chi connectivity index (χ0) is 39.6. The molecule has 2 aliphatic rings. The van der Waals surface area contributed by atoms with Crippen molar-refractivity contribution in [3.05, 3.63) is 198 Å². The van der Waals surface area contributed by atoms with Crippen molar-refractivity contribution in [2.75, 3.05) is 0 Å². The van der Waals surface area contributed by atoms with Crippen LogP contribution in [-0.2, 0) is 13.0 Å². The van der Waals surface area contributed by atoms with E-state index in [1.165, 1.54) is 88.7 Å². The van der Waals surface area contributed by atoms with Crippen molar-refractivity contribution in [2.45, 2.75) is 47.1 Å². The lowest BCUT2D eigenvalue weighted by molar-refractivity contribution is 0.743. The average molecular weight is 753 g/mol. The van der Waals surface area contributed by atoms with E-state index in [1.807, 2.05) is 57.2 Å². The molecule has 1 aliphatic heterocycles. The predicted octanol–water partition coefficient (Wildman–Crippen LogP) is 13.9. The summed E-state index contributed by atoms with van der Waals surface area (Å²) in [4.78, 5) is 0. The van der Waals surface area contributed by atoms with E-state index >= 15 is 0 Å². The smallest absolute Gasteiger partial charge is 0.0644 e. The molecule has 0 atom stereocenters. The van der Waals surface area contributed by atoms with E-state index in [4.69, 9.17) is 0 Å². The third kappa shape index (κ3) is 6.51. The van der Waals surface area contributed by atoms with Crippen LogP contribution in [0.2, 0.25) is 0 Å². The van der Waals surface area contributed by atoms with Crippen molar-refractivity contribution in [3.8, 4) is 33.6 Å². The van der Waals surface area contributed by atoms with Crippen LogP contribution in [0, 0.1) is 6.92 Å². The molecule has 4 heteroatoms. The fraction of sp³-hybridized carbons (Fsp3) is 0.130. The zero-order valence-electron chi connectivity index (χ0n) is 33.7. The molecule has 284 valence electrons. The third-order valence-electron chi connectivity index (χ3n) is 11.3. The van der Waals surface area contributed by atoms with Gasteiger partial charge in [-0.15, -0.1) is 0 Å². The topological polar surface area (TPSA) is 34.2 Å². The molecule has 4 nitrogen and oxygen atoms in total. The molecule has 1 aliphatic carbocycles. The van der Waals surface area contributed by atoms with Gasteiger partial charge >= 0.3 is 0 Å². The van der Waals surface area contributed by atoms with Crippen molar-refractivity contribution >= 4 is 44.5 Å². The number of hydrogen-bond donors (Lipinski definition) is 1. The monoisotopic (exact) mass is 752 g/mol. The minimum absolute atomic E-state index is 0.647. The Bertz CT molecular complexity index is 2980. The van der Waals surface area contributed by atoms with Crippen LogP contribution < -0.4 is 5.43 Å². The summed E-state index contributed by atoms with van der Waals surface area (Å²) >= 11 is 0. The number of hydrogen-bond acceptors (Lipinski definition) is 2. The van der Waals surface area contributed by atoms with Crippen molar-refractivity contribution in [2.24, 2.45) is 5.10 Å². The normalized spacial score (nSPS) is 12.4. The first kappa shape index (κ1) is 36.7. The molecule has 0 unspecified atom stereocenters. The highest BCUT2D eigenvalue weighted by Crippen LogP contribution is 2.49. The Hall–Kier alpha value is -6.91. The predicted molar refractivity (Wildman–Crippen MR) is 247 cm³/mol. The maximum atomic E-state index is 4.67. The lowest BCUT2D eigenvalue weighted by Gasteiger charge is -2.15. The zero-order valence-corrected chi connectivity index (χ0v) is 33.7. The highest BCUT2D eigenvalue weighted by Gasteiger charge is 2.27. The summed E-state index contributed by atoms with van der Waals surface area (Å²) in [6, 6.07) is 59.0. The summed E-state index contributed by atoms with van der Waals surface area (Å²) in [5.41, 5.74) is 21.9. The van der Waals surface area contributed by atoms with E-state index in [9.17, 15) is 0 Å². The van der Waals surface area contributed by atoms with Gasteiger partial charge in [-0.25, -0.2) is 0 Å². The maximum Gasteiger partial charge on any atom is 0.0644 e. The van der Waals surface area contributed by atoms with E-state index in [1.54, 1.807) is 0 Å². The van der Waals surface area contributed by atoms with Crippen LogP contribution in [-0.4, -0.2) is 14.8 Å². The summed E-state index contributed by atoms with van der Waals surface area (Å²) in [6.07, 6.45) is 6.74. The Kier molecular flexibility index (Phi) is 10.1. The number of aryl methyl sites for hydroxylation is 2. The Morgan fingerprint density at radius 2 is 1.29 bits per heavy atom. The lowest BCUT2D eigenvalue weighted by Crippen LogP contribution is -2.10. The summed E-state index contributed by atoms with van der Waals surface area (Å²) < 4.78 is 4.97. The lowest BCUT2D eigenvalue weighted by atomic mass is 9.91. The van der Waals surface area contributed by atoms with Crippen LogP contribution >= 0.6 is 0 Å². The number of para-hydroxylation sites is 3. The number of benzene rings is 7. The standard InChI is InChI=1S/C45H34N4.C7H8.C2H6/c1-29(31-14-3-2-4-15-31)47-46-28-30-13-11-16-32(25-30)48-41-22-8-7-19-35(41)40-26-38-37-21-12-20-36-33-17-5-9-23-42(33)49(45(36)37)43-24-10-6-18-34(43)39(38)27-44(40)48;1-7-5-3-2-4-6-7;1-2/h2-6,8-18,20-27,46H,7,19,28H2,1H3;2-6H,1H3;1-2H3/b47-29+;;. The number of allylic oxidation sites excluding steroid dienone is 1. The number of aromatic nitrogens is 2. The summed E-state index contributed by atoms with van der Waals surface area (Å²) in [7, 11) is 0. The van der Waals surface area contributed by atoms with Gasteiger partial charge in [-0.05, 0) is 97.0 Å². The van der Waals surface area contributed by atoms with Crippen LogP contribution in [0.5, 0.6) is 0 Å². The Morgan fingerprint density at radius 3 is 2.10 bits per heavy atom. The highest BCUT2D eigenvalue weighted by atomic mass is 15.3. The molecule has 0 fully saturated rings. The molecule has 9 aromatic rings. The first-order chi connectivity index (χ1) is 28.6. The van der Waals surface area contributed by atoms with Crippen molar-refractivity contribution in [3.63, 3.8) is 0 Å². The number of nitrogens with one attached hydrogen (secondary N) is 1.